The third kappa shape index (κ3) is 2.95. The molecule has 0 spiro atoms. The minimum Gasteiger partial charge on any atom is -0.319 e. The Morgan fingerprint density at radius 3 is 2.67 bits per heavy atom. The molecule has 1 heterocycles. The van der Waals surface area contributed by atoms with Gasteiger partial charge in [-0.05, 0) is 58.5 Å². The molecule has 2 aromatic carbocycles. The second-order valence-corrected chi connectivity index (χ2v) is 6.15. The number of nitrogens with zero attached hydrogens (tertiary/aromatic N) is 3. The number of nitrogens with two attached hydrogens (primary N) is 1. The molecular formula is C15H12ClIN4. The molecule has 1 aromatic heterocycles. The fourth-order valence-corrected chi connectivity index (χ4v) is 2.99. The van der Waals surface area contributed by atoms with E-state index in [2.05, 4.69) is 32.9 Å². The van der Waals surface area contributed by atoms with Crippen molar-refractivity contribution in [2.75, 3.05) is 0 Å². The first kappa shape index (κ1) is 14.5. The number of hydrogen-bond donors (Lipinski definition) is 1. The maximum Gasteiger partial charge on any atom is 0.0858 e. The van der Waals surface area contributed by atoms with Crippen LogP contribution in [0.15, 0.2) is 54.7 Å². The molecule has 0 saturated carbocycles. The van der Waals surface area contributed by atoms with Crippen LogP contribution in [0.5, 0.6) is 0 Å². The molecule has 0 radical (unpaired) electrons. The van der Waals surface area contributed by atoms with Gasteiger partial charge >= 0.3 is 0 Å². The van der Waals surface area contributed by atoms with Crippen LogP contribution in [0.4, 0.5) is 0 Å². The molecule has 1 atom stereocenters. The summed E-state index contributed by atoms with van der Waals surface area (Å²) in [6.07, 6.45) is 1.69. The van der Waals surface area contributed by atoms with Gasteiger partial charge in [-0.3, -0.25) is 0 Å². The minimum atomic E-state index is -0.342. The molecule has 0 fully saturated rings. The van der Waals surface area contributed by atoms with E-state index in [1.54, 1.807) is 10.9 Å². The summed E-state index contributed by atoms with van der Waals surface area (Å²) >= 11 is 8.34. The predicted octanol–water partition coefficient (Wildman–Crippen LogP) is 3.57. The summed E-state index contributed by atoms with van der Waals surface area (Å²) in [7, 11) is 0. The van der Waals surface area contributed by atoms with Gasteiger partial charge in [-0.25, -0.2) is 4.68 Å². The lowest BCUT2D eigenvalue weighted by molar-refractivity contribution is 0.718. The zero-order valence-corrected chi connectivity index (χ0v) is 13.9. The lowest BCUT2D eigenvalue weighted by Crippen LogP contribution is -2.17. The van der Waals surface area contributed by atoms with E-state index in [4.69, 9.17) is 17.3 Å². The first-order chi connectivity index (χ1) is 10.2. The Hall–Kier alpha value is -1.44. The van der Waals surface area contributed by atoms with Crippen LogP contribution in [0.1, 0.15) is 17.3 Å². The van der Waals surface area contributed by atoms with E-state index in [9.17, 15) is 0 Å². The lowest BCUT2D eigenvalue weighted by Gasteiger charge is -2.15. The topological polar surface area (TPSA) is 56.7 Å². The molecule has 3 aromatic rings. The standard InChI is InChI=1S/C15H12ClIN4/c16-10-6-7-13(17)12(8-10)15(18)14-9-19-20-21(14)11-4-2-1-3-5-11/h1-9,15H,18H2. The van der Waals surface area contributed by atoms with Crippen molar-refractivity contribution in [2.24, 2.45) is 5.73 Å². The highest BCUT2D eigenvalue weighted by Gasteiger charge is 2.18. The Bertz CT molecular complexity index is 757. The second-order valence-electron chi connectivity index (χ2n) is 4.55. The van der Waals surface area contributed by atoms with Gasteiger partial charge in [0.1, 0.15) is 0 Å². The van der Waals surface area contributed by atoms with Gasteiger partial charge in [-0.15, -0.1) is 5.10 Å². The SMILES string of the molecule is NC(c1cc(Cl)ccc1I)c1cnnn1-c1ccccc1. The van der Waals surface area contributed by atoms with E-state index in [-0.39, 0.29) is 6.04 Å². The van der Waals surface area contributed by atoms with Crippen molar-refractivity contribution in [2.45, 2.75) is 6.04 Å². The summed E-state index contributed by atoms with van der Waals surface area (Å²) in [5.41, 5.74) is 9.11. The van der Waals surface area contributed by atoms with Crippen molar-refractivity contribution in [1.29, 1.82) is 0 Å². The maximum absolute atomic E-state index is 6.40. The summed E-state index contributed by atoms with van der Waals surface area (Å²) < 4.78 is 2.81. The summed E-state index contributed by atoms with van der Waals surface area (Å²) in [5, 5.41) is 8.80. The molecule has 0 aliphatic rings. The lowest BCUT2D eigenvalue weighted by atomic mass is 10.1. The zero-order valence-electron chi connectivity index (χ0n) is 10.9. The largest absolute Gasteiger partial charge is 0.319 e. The third-order valence-electron chi connectivity index (χ3n) is 3.19. The molecular weight excluding hydrogens is 399 g/mol. The predicted molar refractivity (Wildman–Crippen MR) is 91.6 cm³/mol. The highest BCUT2D eigenvalue weighted by molar-refractivity contribution is 14.1. The molecule has 0 amide bonds. The molecule has 0 aliphatic heterocycles. The Kier molecular flexibility index (Phi) is 4.23. The first-order valence-electron chi connectivity index (χ1n) is 6.33. The maximum atomic E-state index is 6.40. The van der Waals surface area contributed by atoms with E-state index in [1.807, 2.05) is 48.5 Å². The van der Waals surface area contributed by atoms with Gasteiger partial charge in [0.05, 0.1) is 23.6 Å². The monoisotopic (exact) mass is 410 g/mol. The fraction of sp³-hybridized carbons (Fsp3) is 0.0667. The second kappa shape index (κ2) is 6.13. The first-order valence-corrected chi connectivity index (χ1v) is 7.79. The van der Waals surface area contributed by atoms with Crippen molar-refractivity contribution in [3.8, 4) is 5.69 Å². The highest BCUT2D eigenvalue weighted by atomic mass is 127. The molecule has 6 heteroatoms. The molecule has 3 rings (SSSR count). The van der Waals surface area contributed by atoms with Crippen LogP contribution in [0.3, 0.4) is 0 Å². The smallest absolute Gasteiger partial charge is 0.0858 e. The van der Waals surface area contributed by atoms with Crippen LogP contribution >= 0.6 is 34.2 Å². The Morgan fingerprint density at radius 1 is 1.14 bits per heavy atom. The van der Waals surface area contributed by atoms with E-state index >= 15 is 0 Å². The van der Waals surface area contributed by atoms with E-state index < -0.39 is 0 Å². The fourth-order valence-electron chi connectivity index (χ4n) is 2.14. The average molecular weight is 411 g/mol. The number of rotatable bonds is 3. The number of para-hydroxylation sites is 1. The summed E-state index contributed by atoms with van der Waals surface area (Å²) in [6.45, 7) is 0. The Balaban J connectivity index is 2.06. The number of benzene rings is 2. The van der Waals surface area contributed by atoms with Gasteiger partial charge in [-0.2, -0.15) is 0 Å². The Morgan fingerprint density at radius 2 is 1.90 bits per heavy atom. The van der Waals surface area contributed by atoms with Crippen molar-refractivity contribution in [1.82, 2.24) is 15.0 Å². The molecule has 2 N–H and O–H groups in total. The summed E-state index contributed by atoms with van der Waals surface area (Å²) in [6, 6.07) is 15.1. The van der Waals surface area contributed by atoms with Gasteiger partial charge < -0.3 is 5.73 Å². The average Bonchev–Trinajstić information content (AvgIpc) is 2.99. The number of aromatic nitrogens is 3. The normalized spacial score (nSPS) is 12.3. The van der Waals surface area contributed by atoms with Crippen molar-refractivity contribution >= 4 is 34.2 Å². The van der Waals surface area contributed by atoms with Crippen LogP contribution in [0.25, 0.3) is 5.69 Å². The Labute approximate surface area is 141 Å². The molecule has 0 aliphatic carbocycles. The van der Waals surface area contributed by atoms with Crippen LogP contribution in [0, 0.1) is 3.57 Å². The van der Waals surface area contributed by atoms with Gasteiger partial charge in [0.2, 0.25) is 0 Å². The quantitative estimate of drug-likeness (QED) is 0.672. The van der Waals surface area contributed by atoms with Gasteiger partial charge in [-0.1, -0.05) is 35.0 Å². The van der Waals surface area contributed by atoms with Crippen LogP contribution < -0.4 is 5.73 Å². The van der Waals surface area contributed by atoms with Gasteiger partial charge in [0.25, 0.3) is 0 Å². The van der Waals surface area contributed by atoms with Crippen LogP contribution in [-0.2, 0) is 0 Å². The molecule has 0 saturated heterocycles. The van der Waals surface area contributed by atoms with Crippen molar-refractivity contribution in [3.63, 3.8) is 0 Å². The molecule has 4 nitrogen and oxygen atoms in total. The third-order valence-corrected chi connectivity index (χ3v) is 4.41. The van der Waals surface area contributed by atoms with E-state index in [0.717, 1.165) is 20.5 Å². The van der Waals surface area contributed by atoms with E-state index in [0.29, 0.717) is 5.02 Å². The van der Waals surface area contributed by atoms with Crippen LogP contribution in [0.2, 0.25) is 5.02 Å². The molecule has 0 bridgehead atoms. The van der Waals surface area contributed by atoms with Gasteiger partial charge in [0.15, 0.2) is 0 Å². The minimum absolute atomic E-state index is 0.342. The van der Waals surface area contributed by atoms with Gasteiger partial charge in [0, 0.05) is 8.59 Å². The van der Waals surface area contributed by atoms with Crippen molar-refractivity contribution in [3.05, 3.63) is 74.6 Å². The molecule has 1 unspecified atom stereocenters. The number of hydrogen-bond acceptors (Lipinski definition) is 3. The summed E-state index contributed by atoms with van der Waals surface area (Å²) in [4.78, 5) is 0. The van der Waals surface area contributed by atoms with Crippen molar-refractivity contribution < 1.29 is 0 Å². The zero-order chi connectivity index (χ0) is 14.8. The number of halogens is 2. The summed E-state index contributed by atoms with van der Waals surface area (Å²) in [5.74, 6) is 0. The molecule has 21 heavy (non-hydrogen) atoms. The van der Waals surface area contributed by atoms with Crippen LogP contribution in [-0.4, -0.2) is 15.0 Å². The highest BCUT2D eigenvalue weighted by Crippen LogP contribution is 2.27. The van der Waals surface area contributed by atoms with E-state index in [1.165, 1.54) is 0 Å². The molecule has 106 valence electrons.